The number of carbonyl (C=O) groups is 1. The molecule has 0 saturated carbocycles. The molecule has 0 fully saturated rings. The first-order valence-corrected chi connectivity index (χ1v) is 11.8. The summed E-state index contributed by atoms with van der Waals surface area (Å²) in [6.45, 7) is 6.39. The van der Waals surface area contributed by atoms with Crippen LogP contribution in [-0.2, 0) is 21.4 Å². The van der Waals surface area contributed by atoms with E-state index in [9.17, 15) is 13.2 Å². The number of hydrogen-bond donors (Lipinski definition) is 1. The van der Waals surface area contributed by atoms with Crippen LogP contribution in [0, 0.1) is 6.92 Å². The van der Waals surface area contributed by atoms with Crippen molar-refractivity contribution in [1.82, 2.24) is 5.32 Å². The third-order valence-electron chi connectivity index (χ3n) is 4.22. The van der Waals surface area contributed by atoms with Crippen molar-refractivity contribution in [2.24, 2.45) is 0 Å². The van der Waals surface area contributed by atoms with Gasteiger partial charge >= 0.3 is 0 Å². The molecule has 2 rings (SSSR count). The minimum Gasteiger partial charge on any atom is -0.490 e. The fraction of sp³-hybridized carbons (Fsp3) is 0.381. The lowest BCUT2D eigenvalue weighted by molar-refractivity contribution is -0.119. The quantitative estimate of drug-likeness (QED) is 0.593. The maximum atomic E-state index is 12.5. The minimum absolute atomic E-state index is 0.220. The second kappa shape index (κ2) is 10.5. The molecule has 0 atom stereocenters. The molecule has 0 aliphatic carbocycles. The third kappa shape index (κ3) is 6.53. The van der Waals surface area contributed by atoms with Crippen molar-refractivity contribution in [3.63, 3.8) is 0 Å². The molecule has 1 N–H and O–H groups in total. The number of nitrogens with one attached hydrogen (secondary N) is 1. The number of hydrogen-bond acceptors (Lipinski definition) is 5. The summed E-state index contributed by atoms with van der Waals surface area (Å²) in [6, 6.07) is 10.3. The number of halogens is 1. The van der Waals surface area contributed by atoms with Crippen LogP contribution < -0.4 is 19.1 Å². The molecule has 9 heteroatoms. The van der Waals surface area contributed by atoms with Gasteiger partial charge in [0.1, 0.15) is 6.54 Å². The van der Waals surface area contributed by atoms with Crippen LogP contribution in [0.15, 0.2) is 36.4 Å². The van der Waals surface area contributed by atoms with Gasteiger partial charge < -0.3 is 14.8 Å². The average Bonchev–Trinajstić information content (AvgIpc) is 2.68. The molecule has 7 nitrogen and oxygen atoms in total. The summed E-state index contributed by atoms with van der Waals surface area (Å²) >= 11 is 6.02. The van der Waals surface area contributed by atoms with E-state index in [2.05, 4.69) is 5.32 Å². The Morgan fingerprint density at radius 3 is 2.37 bits per heavy atom. The molecule has 0 heterocycles. The highest BCUT2D eigenvalue weighted by atomic mass is 35.5. The van der Waals surface area contributed by atoms with E-state index in [0.29, 0.717) is 41.0 Å². The normalized spacial score (nSPS) is 11.1. The lowest BCUT2D eigenvalue weighted by Gasteiger charge is -2.24. The Hall–Kier alpha value is -2.45. The molecule has 1 amide bonds. The Balaban J connectivity index is 2.13. The van der Waals surface area contributed by atoms with Crippen LogP contribution in [0.2, 0.25) is 5.02 Å². The van der Waals surface area contributed by atoms with Gasteiger partial charge in [0.2, 0.25) is 15.9 Å². The van der Waals surface area contributed by atoms with Crippen molar-refractivity contribution >= 4 is 33.2 Å². The molecule has 0 radical (unpaired) electrons. The van der Waals surface area contributed by atoms with Gasteiger partial charge in [0.15, 0.2) is 11.5 Å². The monoisotopic (exact) mass is 454 g/mol. The number of nitrogens with zero attached hydrogens (tertiary/aromatic N) is 1. The number of amides is 1. The number of anilines is 1. The fourth-order valence-corrected chi connectivity index (χ4v) is 3.90. The van der Waals surface area contributed by atoms with Gasteiger partial charge in [-0.15, -0.1) is 0 Å². The van der Waals surface area contributed by atoms with Crippen molar-refractivity contribution < 1.29 is 22.7 Å². The van der Waals surface area contributed by atoms with Crippen LogP contribution >= 0.6 is 11.6 Å². The SMILES string of the molecule is CCOc1ccc(CNC(=O)CN(c2cc(Cl)ccc2C)S(C)(=O)=O)cc1OCC. The van der Waals surface area contributed by atoms with Gasteiger partial charge in [-0.1, -0.05) is 23.7 Å². The lowest BCUT2D eigenvalue weighted by atomic mass is 10.2. The maximum absolute atomic E-state index is 12.5. The summed E-state index contributed by atoms with van der Waals surface area (Å²) in [6.07, 6.45) is 1.06. The Bertz CT molecular complexity index is 995. The lowest BCUT2D eigenvalue weighted by Crippen LogP contribution is -2.40. The molecular formula is C21H27ClN2O5S. The molecule has 0 bridgehead atoms. The van der Waals surface area contributed by atoms with Gasteiger partial charge in [-0.2, -0.15) is 0 Å². The Morgan fingerprint density at radius 1 is 1.07 bits per heavy atom. The van der Waals surface area contributed by atoms with E-state index in [1.807, 2.05) is 19.9 Å². The summed E-state index contributed by atoms with van der Waals surface area (Å²) in [5.41, 5.74) is 1.88. The highest BCUT2D eigenvalue weighted by Crippen LogP contribution is 2.29. The number of rotatable bonds is 10. The van der Waals surface area contributed by atoms with Gasteiger partial charge in [-0.05, 0) is 56.2 Å². The highest BCUT2D eigenvalue weighted by molar-refractivity contribution is 7.92. The Labute approximate surface area is 183 Å². The van der Waals surface area contributed by atoms with E-state index in [1.165, 1.54) is 6.07 Å². The van der Waals surface area contributed by atoms with E-state index in [4.69, 9.17) is 21.1 Å². The second-order valence-electron chi connectivity index (χ2n) is 6.62. The zero-order valence-electron chi connectivity index (χ0n) is 17.6. The highest BCUT2D eigenvalue weighted by Gasteiger charge is 2.22. The number of carbonyl (C=O) groups excluding carboxylic acids is 1. The first-order valence-electron chi connectivity index (χ1n) is 9.54. The van der Waals surface area contributed by atoms with Gasteiger partial charge in [0, 0.05) is 11.6 Å². The largest absolute Gasteiger partial charge is 0.490 e. The standard InChI is InChI=1S/C21H27ClN2O5S/c1-5-28-19-10-8-16(11-20(19)29-6-2)13-23-21(25)14-24(30(4,26)27)18-12-17(22)9-7-15(18)3/h7-12H,5-6,13-14H2,1-4H3,(H,23,25). The van der Waals surface area contributed by atoms with E-state index in [1.54, 1.807) is 31.2 Å². The summed E-state index contributed by atoms with van der Waals surface area (Å²) in [7, 11) is -3.68. The number of sulfonamides is 1. The molecule has 0 aliphatic heterocycles. The summed E-state index contributed by atoms with van der Waals surface area (Å²) in [4.78, 5) is 12.5. The Kier molecular flexibility index (Phi) is 8.37. The zero-order valence-corrected chi connectivity index (χ0v) is 19.1. The van der Waals surface area contributed by atoms with Crippen LogP contribution in [0.25, 0.3) is 0 Å². The van der Waals surface area contributed by atoms with Crippen LogP contribution in [0.5, 0.6) is 11.5 Å². The number of benzene rings is 2. The predicted octanol–water partition coefficient (Wildman–Crippen LogP) is 3.53. The molecule has 2 aromatic rings. The molecule has 0 spiro atoms. The topological polar surface area (TPSA) is 84.9 Å². The van der Waals surface area contributed by atoms with E-state index < -0.39 is 15.9 Å². The number of ether oxygens (including phenoxy) is 2. The van der Waals surface area contributed by atoms with Crippen molar-refractivity contribution in [2.45, 2.75) is 27.3 Å². The van der Waals surface area contributed by atoms with Gasteiger partial charge in [0.25, 0.3) is 0 Å². The van der Waals surface area contributed by atoms with Gasteiger partial charge in [0.05, 0.1) is 25.2 Å². The van der Waals surface area contributed by atoms with Crippen molar-refractivity contribution in [3.05, 3.63) is 52.5 Å². The molecule has 0 aliphatic rings. The molecule has 30 heavy (non-hydrogen) atoms. The minimum atomic E-state index is -3.68. The fourth-order valence-electron chi connectivity index (χ4n) is 2.82. The van der Waals surface area contributed by atoms with Crippen molar-refractivity contribution in [3.8, 4) is 11.5 Å². The summed E-state index contributed by atoms with van der Waals surface area (Å²) < 4.78 is 36.8. The van der Waals surface area contributed by atoms with E-state index >= 15 is 0 Å². The van der Waals surface area contributed by atoms with Crippen molar-refractivity contribution in [1.29, 1.82) is 0 Å². The van der Waals surface area contributed by atoms with Crippen LogP contribution in [0.4, 0.5) is 5.69 Å². The number of aryl methyl sites for hydroxylation is 1. The molecule has 0 aromatic heterocycles. The van der Waals surface area contributed by atoms with Crippen LogP contribution in [0.3, 0.4) is 0 Å². The van der Waals surface area contributed by atoms with Crippen molar-refractivity contribution in [2.75, 3.05) is 30.3 Å². The smallest absolute Gasteiger partial charge is 0.241 e. The van der Waals surface area contributed by atoms with Gasteiger partial charge in [-0.3, -0.25) is 9.10 Å². The first kappa shape index (κ1) is 23.8. The van der Waals surface area contributed by atoms with Crippen LogP contribution in [-0.4, -0.2) is 40.3 Å². The second-order valence-corrected chi connectivity index (χ2v) is 8.97. The Morgan fingerprint density at radius 2 is 1.73 bits per heavy atom. The first-order chi connectivity index (χ1) is 14.2. The molecular weight excluding hydrogens is 428 g/mol. The molecule has 164 valence electrons. The van der Waals surface area contributed by atoms with E-state index in [-0.39, 0.29) is 13.1 Å². The van der Waals surface area contributed by atoms with Crippen LogP contribution in [0.1, 0.15) is 25.0 Å². The molecule has 2 aromatic carbocycles. The predicted molar refractivity (Wildman–Crippen MR) is 119 cm³/mol. The molecule has 0 saturated heterocycles. The van der Waals surface area contributed by atoms with E-state index in [0.717, 1.165) is 16.1 Å². The average molecular weight is 455 g/mol. The third-order valence-corrected chi connectivity index (χ3v) is 5.59. The molecule has 0 unspecified atom stereocenters. The zero-order chi connectivity index (χ0) is 22.3. The summed E-state index contributed by atoms with van der Waals surface area (Å²) in [5.74, 6) is 0.791. The van der Waals surface area contributed by atoms with Gasteiger partial charge in [-0.25, -0.2) is 8.42 Å². The maximum Gasteiger partial charge on any atom is 0.241 e. The summed E-state index contributed by atoms with van der Waals surface area (Å²) in [5, 5.41) is 3.14.